The van der Waals surface area contributed by atoms with Gasteiger partial charge in [0.25, 0.3) is 0 Å². The number of rotatable bonds is 3. The number of nitrogens with two attached hydrogens (primary N) is 2. The number of carboxylic acids is 1. The molecule has 0 aliphatic heterocycles. The van der Waals surface area contributed by atoms with E-state index in [1.165, 1.54) is 18.2 Å². The van der Waals surface area contributed by atoms with E-state index in [1.807, 2.05) is 0 Å². The van der Waals surface area contributed by atoms with Gasteiger partial charge in [-0.05, 0) is 17.7 Å². The van der Waals surface area contributed by atoms with Crippen molar-refractivity contribution in [2.45, 2.75) is 6.04 Å². The first-order valence-electron chi connectivity index (χ1n) is 4.07. The molecule has 0 bridgehead atoms. The Balaban J connectivity index is 3.19. The summed E-state index contributed by atoms with van der Waals surface area (Å²) in [6.07, 6.45) is 1.54. The van der Waals surface area contributed by atoms with E-state index in [-0.39, 0.29) is 17.3 Å². The number of aromatic carboxylic acids is 1. The van der Waals surface area contributed by atoms with Crippen LogP contribution in [0, 0.1) is 0 Å². The van der Waals surface area contributed by atoms with E-state index in [9.17, 15) is 4.79 Å². The highest BCUT2D eigenvalue weighted by molar-refractivity contribution is 5.93. The molecule has 4 nitrogen and oxygen atoms in total. The van der Waals surface area contributed by atoms with Gasteiger partial charge in [-0.3, -0.25) is 0 Å². The zero-order chi connectivity index (χ0) is 10.7. The number of carboxylic acid groups (broad SMARTS) is 1. The van der Waals surface area contributed by atoms with E-state index in [1.54, 1.807) is 6.07 Å². The molecule has 1 unspecified atom stereocenters. The predicted molar refractivity (Wildman–Crippen MR) is 54.9 cm³/mol. The van der Waals surface area contributed by atoms with Gasteiger partial charge in [0.15, 0.2) is 0 Å². The molecular formula is C10H12N2O2. The monoisotopic (exact) mass is 192 g/mol. The smallest absolute Gasteiger partial charge is 0.337 e. The molecule has 0 heterocycles. The standard InChI is InChI=1S/C10H12N2O2/c1-2-8(11)6-3-4-9(12)7(5-6)10(13)14/h2-5,8H,1,11-12H2,(H,13,14). The van der Waals surface area contributed by atoms with Crippen molar-refractivity contribution in [3.63, 3.8) is 0 Å². The van der Waals surface area contributed by atoms with Crippen LogP contribution in [-0.2, 0) is 0 Å². The van der Waals surface area contributed by atoms with Crippen LogP contribution in [0.4, 0.5) is 5.69 Å². The van der Waals surface area contributed by atoms with Gasteiger partial charge >= 0.3 is 5.97 Å². The maximum absolute atomic E-state index is 10.7. The molecule has 1 aromatic carbocycles. The van der Waals surface area contributed by atoms with Gasteiger partial charge in [0.05, 0.1) is 5.56 Å². The van der Waals surface area contributed by atoms with Gasteiger partial charge in [-0.2, -0.15) is 0 Å². The van der Waals surface area contributed by atoms with E-state index in [0.717, 1.165) is 0 Å². The molecule has 0 spiro atoms. The summed E-state index contributed by atoms with van der Waals surface area (Å²) in [6.45, 7) is 3.53. The Morgan fingerprint density at radius 1 is 1.57 bits per heavy atom. The molecule has 0 amide bonds. The molecular weight excluding hydrogens is 180 g/mol. The highest BCUT2D eigenvalue weighted by Gasteiger charge is 2.10. The van der Waals surface area contributed by atoms with Crippen molar-refractivity contribution >= 4 is 11.7 Å². The zero-order valence-electron chi connectivity index (χ0n) is 7.60. The van der Waals surface area contributed by atoms with E-state index in [2.05, 4.69) is 6.58 Å². The molecule has 0 aliphatic rings. The second kappa shape index (κ2) is 3.93. The average molecular weight is 192 g/mol. The van der Waals surface area contributed by atoms with Crippen molar-refractivity contribution in [3.05, 3.63) is 42.0 Å². The summed E-state index contributed by atoms with van der Waals surface area (Å²) in [5, 5.41) is 8.80. The summed E-state index contributed by atoms with van der Waals surface area (Å²) in [6, 6.07) is 4.31. The van der Waals surface area contributed by atoms with Crippen LogP contribution in [0.25, 0.3) is 0 Å². The maximum atomic E-state index is 10.7. The lowest BCUT2D eigenvalue weighted by molar-refractivity contribution is 0.0698. The van der Waals surface area contributed by atoms with Gasteiger partial charge in [0, 0.05) is 11.7 Å². The molecule has 0 saturated heterocycles. The van der Waals surface area contributed by atoms with E-state index < -0.39 is 5.97 Å². The second-order valence-electron chi connectivity index (χ2n) is 2.91. The first-order valence-corrected chi connectivity index (χ1v) is 4.07. The third kappa shape index (κ3) is 1.92. The molecule has 1 atom stereocenters. The maximum Gasteiger partial charge on any atom is 0.337 e. The molecule has 5 N–H and O–H groups in total. The molecule has 1 rings (SSSR count). The van der Waals surface area contributed by atoms with Crippen LogP contribution in [0.3, 0.4) is 0 Å². The van der Waals surface area contributed by atoms with Crippen molar-refractivity contribution in [1.82, 2.24) is 0 Å². The number of hydrogen-bond donors (Lipinski definition) is 3. The summed E-state index contributed by atoms with van der Waals surface area (Å²) in [5.74, 6) is -1.05. The van der Waals surface area contributed by atoms with Crippen LogP contribution < -0.4 is 11.5 Å². The minimum Gasteiger partial charge on any atom is -0.478 e. The molecule has 0 aromatic heterocycles. The van der Waals surface area contributed by atoms with Crippen molar-refractivity contribution < 1.29 is 9.90 Å². The highest BCUT2D eigenvalue weighted by atomic mass is 16.4. The van der Waals surface area contributed by atoms with Crippen molar-refractivity contribution in [2.24, 2.45) is 5.73 Å². The van der Waals surface area contributed by atoms with Gasteiger partial charge in [-0.1, -0.05) is 12.1 Å². The fourth-order valence-corrected chi connectivity index (χ4v) is 1.10. The van der Waals surface area contributed by atoms with Crippen LogP contribution in [0.2, 0.25) is 0 Å². The highest BCUT2D eigenvalue weighted by Crippen LogP contribution is 2.18. The fourth-order valence-electron chi connectivity index (χ4n) is 1.10. The molecule has 0 radical (unpaired) electrons. The average Bonchev–Trinajstić information content (AvgIpc) is 2.17. The number of hydrogen-bond acceptors (Lipinski definition) is 3. The van der Waals surface area contributed by atoms with Crippen LogP contribution in [0.1, 0.15) is 22.0 Å². The molecule has 0 aliphatic carbocycles. The van der Waals surface area contributed by atoms with Gasteiger partial charge in [-0.25, -0.2) is 4.79 Å². The van der Waals surface area contributed by atoms with Crippen LogP contribution in [0.15, 0.2) is 30.9 Å². The van der Waals surface area contributed by atoms with Crippen molar-refractivity contribution in [1.29, 1.82) is 0 Å². The van der Waals surface area contributed by atoms with Gasteiger partial charge < -0.3 is 16.6 Å². The lowest BCUT2D eigenvalue weighted by Gasteiger charge is -2.08. The van der Waals surface area contributed by atoms with Crippen molar-refractivity contribution in [3.8, 4) is 0 Å². The lowest BCUT2D eigenvalue weighted by Crippen LogP contribution is -2.09. The Kier molecular flexibility index (Phi) is 2.89. The minimum absolute atomic E-state index is 0.0693. The number of anilines is 1. The zero-order valence-corrected chi connectivity index (χ0v) is 7.60. The van der Waals surface area contributed by atoms with E-state index in [4.69, 9.17) is 16.6 Å². The Labute approximate surface area is 81.8 Å². The normalized spacial score (nSPS) is 12.1. The number of nitrogen functional groups attached to an aromatic ring is 1. The molecule has 0 fully saturated rings. The topological polar surface area (TPSA) is 89.3 Å². The largest absolute Gasteiger partial charge is 0.478 e. The second-order valence-corrected chi connectivity index (χ2v) is 2.91. The summed E-state index contributed by atoms with van der Waals surface area (Å²) in [5.41, 5.74) is 12.1. The first kappa shape index (κ1) is 10.3. The number of benzene rings is 1. The fraction of sp³-hybridized carbons (Fsp3) is 0.100. The Morgan fingerprint density at radius 3 is 2.71 bits per heavy atom. The molecule has 4 heteroatoms. The quantitative estimate of drug-likeness (QED) is 0.495. The third-order valence-corrected chi connectivity index (χ3v) is 1.95. The van der Waals surface area contributed by atoms with Gasteiger partial charge in [0.1, 0.15) is 0 Å². The van der Waals surface area contributed by atoms with E-state index in [0.29, 0.717) is 5.56 Å². The summed E-state index contributed by atoms with van der Waals surface area (Å²) in [7, 11) is 0. The predicted octanol–water partition coefficient (Wildman–Crippen LogP) is 1.15. The van der Waals surface area contributed by atoms with Crippen LogP contribution in [0.5, 0.6) is 0 Å². The summed E-state index contributed by atoms with van der Waals surface area (Å²) < 4.78 is 0. The van der Waals surface area contributed by atoms with Gasteiger partial charge in [-0.15, -0.1) is 6.58 Å². The lowest BCUT2D eigenvalue weighted by atomic mass is 10.0. The number of carbonyl (C=O) groups is 1. The van der Waals surface area contributed by atoms with Crippen LogP contribution >= 0.6 is 0 Å². The van der Waals surface area contributed by atoms with E-state index >= 15 is 0 Å². The summed E-state index contributed by atoms with van der Waals surface area (Å²) >= 11 is 0. The Morgan fingerprint density at radius 2 is 2.21 bits per heavy atom. The Hall–Kier alpha value is -1.81. The van der Waals surface area contributed by atoms with Crippen LogP contribution in [-0.4, -0.2) is 11.1 Å². The minimum atomic E-state index is -1.05. The Bertz CT molecular complexity index is 374. The molecule has 0 saturated carbocycles. The first-order chi connectivity index (χ1) is 6.56. The van der Waals surface area contributed by atoms with Gasteiger partial charge in [0.2, 0.25) is 0 Å². The SMILES string of the molecule is C=CC(N)c1ccc(N)c(C(=O)O)c1. The molecule has 74 valence electrons. The molecule has 1 aromatic rings. The summed E-state index contributed by atoms with van der Waals surface area (Å²) in [4.78, 5) is 10.7. The third-order valence-electron chi connectivity index (χ3n) is 1.95. The van der Waals surface area contributed by atoms with Crippen molar-refractivity contribution in [2.75, 3.05) is 5.73 Å². The molecule has 14 heavy (non-hydrogen) atoms.